The monoisotopic (exact) mass is 276 g/mol. The van der Waals surface area contributed by atoms with E-state index in [1.165, 1.54) is 6.33 Å². The minimum atomic E-state index is 0.352. The Kier molecular flexibility index (Phi) is 4.49. The molecule has 0 aliphatic carbocycles. The van der Waals surface area contributed by atoms with Crippen molar-refractivity contribution >= 4 is 5.82 Å². The normalized spacial score (nSPS) is 10.8. The number of ether oxygens (including phenoxy) is 1. The maximum Gasteiger partial charge on any atom is 0.218 e. The third kappa shape index (κ3) is 3.23. The lowest BCUT2D eigenvalue weighted by Crippen LogP contribution is -2.09. The third-order valence-corrected chi connectivity index (χ3v) is 2.88. The quantitative estimate of drug-likeness (QED) is 0.866. The summed E-state index contributed by atoms with van der Waals surface area (Å²) in [5, 5.41) is 11.6. The van der Waals surface area contributed by atoms with Gasteiger partial charge in [-0.3, -0.25) is 0 Å². The molecule has 2 heterocycles. The van der Waals surface area contributed by atoms with Crippen molar-refractivity contribution < 1.29 is 4.74 Å². The number of nitrogens with one attached hydrogen (secondary N) is 1. The summed E-state index contributed by atoms with van der Waals surface area (Å²) in [7, 11) is 1.97. The van der Waals surface area contributed by atoms with E-state index in [9.17, 15) is 0 Å². The summed E-state index contributed by atoms with van der Waals surface area (Å²) < 4.78 is 7.34. The number of nitrogens with zero attached hydrogens (tertiary/aromatic N) is 5. The van der Waals surface area contributed by atoms with Crippen LogP contribution in [0.15, 0.2) is 12.4 Å². The van der Waals surface area contributed by atoms with E-state index in [-0.39, 0.29) is 0 Å². The molecule has 0 saturated carbocycles. The van der Waals surface area contributed by atoms with Crippen LogP contribution in [0.25, 0.3) is 0 Å². The fourth-order valence-corrected chi connectivity index (χ4v) is 1.86. The van der Waals surface area contributed by atoms with Crippen LogP contribution in [0.2, 0.25) is 0 Å². The number of hydrogen-bond donors (Lipinski definition) is 1. The van der Waals surface area contributed by atoms with Crippen LogP contribution >= 0.6 is 0 Å². The van der Waals surface area contributed by atoms with Crippen molar-refractivity contribution in [3.8, 4) is 5.88 Å². The molecule has 108 valence electrons. The Morgan fingerprint density at radius 1 is 1.30 bits per heavy atom. The van der Waals surface area contributed by atoms with Gasteiger partial charge in [-0.25, -0.2) is 9.97 Å². The molecule has 0 unspecified atom stereocenters. The van der Waals surface area contributed by atoms with Gasteiger partial charge in [0.1, 0.15) is 18.0 Å². The van der Waals surface area contributed by atoms with Gasteiger partial charge in [0.15, 0.2) is 5.82 Å². The van der Waals surface area contributed by atoms with Crippen molar-refractivity contribution in [1.29, 1.82) is 0 Å². The van der Waals surface area contributed by atoms with E-state index in [4.69, 9.17) is 4.74 Å². The van der Waals surface area contributed by atoms with Crippen molar-refractivity contribution in [3.05, 3.63) is 24.0 Å². The average molecular weight is 276 g/mol. The van der Waals surface area contributed by atoms with Crippen molar-refractivity contribution in [3.63, 3.8) is 0 Å². The maximum absolute atomic E-state index is 5.33. The fraction of sp³-hybridized carbons (Fsp3) is 0.538. The molecule has 7 nitrogen and oxygen atoms in total. The minimum absolute atomic E-state index is 0.352. The first-order chi connectivity index (χ1) is 9.61. The van der Waals surface area contributed by atoms with Crippen LogP contribution in [-0.2, 0) is 13.6 Å². The van der Waals surface area contributed by atoms with Gasteiger partial charge < -0.3 is 14.6 Å². The standard InChI is InChI=1S/C13H20N6O/c1-5-20-12-6-10(15-8-16-12)14-7-11-17-18-13(9(2)3)19(11)4/h6,8-9H,5,7H2,1-4H3,(H,14,15,16). The molecular formula is C13H20N6O. The summed E-state index contributed by atoms with van der Waals surface area (Å²) in [6.07, 6.45) is 1.48. The van der Waals surface area contributed by atoms with Crippen LogP contribution in [-0.4, -0.2) is 31.3 Å². The van der Waals surface area contributed by atoms with Gasteiger partial charge >= 0.3 is 0 Å². The van der Waals surface area contributed by atoms with Crippen LogP contribution in [0.1, 0.15) is 38.3 Å². The number of aromatic nitrogens is 5. The smallest absolute Gasteiger partial charge is 0.218 e. The van der Waals surface area contributed by atoms with Gasteiger partial charge in [0, 0.05) is 19.0 Å². The third-order valence-electron chi connectivity index (χ3n) is 2.88. The van der Waals surface area contributed by atoms with Gasteiger partial charge in [0.2, 0.25) is 5.88 Å². The predicted molar refractivity (Wildman–Crippen MR) is 75.6 cm³/mol. The highest BCUT2D eigenvalue weighted by molar-refractivity contribution is 5.37. The van der Waals surface area contributed by atoms with Crippen molar-refractivity contribution in [2.24, 2.45) is 7.05 Å². The zero-order valence-electron chi connectivity index (χ0n) is 12.3. The Hall–Kier alpha value is -2.18. The number of rotatable bonds is 6. The van der Waals surface area contributed by atoms with E-state index in [1.807, 2.05) is 18.5 Å². The molecule has 0 aliphatic rings. The topological polar surface area (TPSA) is 77.8 Å². The number of hydrogen-bond acceptors (Lipinski definition) is 6. The average Bonchev–Trinajstić information content (AvgIpc) is 2.79. The van der Waals surface area contributed by atoms with Crippen LogP contribution in [0.4, 0.5) is 5.82 Å². The van der Waals surface area contributed by atoms with Crippen LogP contribution in [0.3, 0.4) is 0 Å². The summed E-state index contributed by atoms with van der Waals surface area (Å²) in [6, 6.07) is 1.77. The van der Waals surface area contributed by atoms with Gasteiger partial charge in [0.25, 0.3) is 0 Å². The molecule has 0 radical (unpaired) electrons. The lowest BCUT2D eigenvalue weighted by Gasteiger charge is -2.08. The van der Waals surface area contributed by atoms with Crippen LogP contribution < -0.4 is 10.1 Å². The first-order valence-corrected chi connectivity index (χ1v) is 6.68. The van der Waals surface area contributed by atoms with E-state index >= 15 is 0 Å². The fourth-order valence-electron chi connectivity index (χ4n) is 1.86. The molecule has 0 aliphatic heterocycles. The zero-order chi connectivity index (χ0) is 14.5. The molecule has 20 heavy (non-hydrogen) atoms. The molecule has 0 bridgehead atoms. The van der Waals surface area contributed by atoms with Crippen molar-refractivity contribution in [1.82, 2.24) is 24.7 Å². The van der Waals surface area contributed by atoms with Gasteiger partial charge in [-0.15, -0.1) is 10.2 Å². The summed E-state index contributed by atoms with van der Waals surface area (Å²) >= 11 is 0. The Morgan fingerprint density at radius 2 is 2.10 bits per heavy atom. The molecule has 0 spiro atoms. The Bertz CT molecular complexity index is 566. The maximum atomic E-state index is 5.33. The molecule has 7 heteroatoms. The molecule has 2 aromatic heterocycles. The molecule has 2 aromatic rings. The summed E-state index contributed by atoms with van der Waals surface area (Å²) in [6.45, 7) is 7.25. The van der Waals surface area contributed by atoms with E-state index in [2.05, 4.69) is 39.3 Å². The SMILES string of the molecule is CCOc1cc(NCc2nnc(C(C)C)n2C)ncn1. The first-order valence-electron chi connectivity index (χ1n) is 6.68. The predicted octanol–water partition coefficient (Wildman–Crippen LogP) is 1.74. The molecular weight excluding hydrogens is 256 g/mol. The second-order valence-electron chi connectivity index (χ2n) is 4.72. The zero-order valence-corrected chi connectivity index (χ0v) is 12.3. The lowest BCUT2D eigenvalue weighted by atomic mass is 10.2. The minimum Gasteiger partial charge on any atom is -0.478 e. The molecule has 1 N–H and O–H groups in total. The summed E-state index contributed by atoms with van der Waals surface area (Å²) in [5.41, 5.74) is 0. The molecule has 0 saturated heterocycles. The molecule has 0 fully saturated rings. The van der Waals surface area contributed by atoms with Gasteiger partial charge in [0.05, 0.1) is 13.2 Å². The summed E-state index contributed by atoms with van der Waals surface area (Å²) in [5.74, 6) is 3.46. The van der Waals surface area contributed by atoms with E-state index < -0.39 is 0 Å². The van der Waals surface area contributed by atoms with Gasteiger partial charge in [-0.2, -0.15) is 0 Å². The summed E-state index contributed by atoms with van der Waals surface area (Å²) in [4.78, 5) is 8.17. The van der Waals surface area contributed by atoms with E-state index in [1.54, 1.807) is 6.07 Å². The lowest BCUT2D eigenvalue weighted by molar-refractivity contribution is 0.326. The Labute approximate surface area is 118 Å². The van der Waals surface area contributed by atoms with E-state index in [0.29, 0.717) is 30.8 Å². The molecule has 2 rings (SSSR count). The second-order valence-corrected chi connectivity index (χ2v) is 4.72. The molecule has 0 amide bonds. The highest BCUT2D eigenvalue weighted by atomic mass is 16.5. The Balaban J connectivity index is 2.03. The van der Waals surface area contributed by atoms with Crippen LogP contribution in [0, 0.1) is 0 Å². The van der Waals surface area contributed by atoms with Gasteiger partial charge in [-0.05, 0) is 6.92 Å². The van der Waals surface area contributed by atoms with Gasteiger partial charge in [-0.1, -0.05) is 13.8 Å². The molecule has 0 atom stereocenters. The largest absolute Gasteiger partial charge is 0.478 e. The van der Waals surface area contributed by atoms with Crippen molar-refractivity contribution in [2.45, 2.75) is 33.2 Å². The first kappa shape index (κ1) is 14.2. The Morgan fingerprint density at radius 3 is 2.75 bits per heavy atom. The highest BCUT2D eigenvalue weighted by Crippen LogP contribution is 2.14. The van der Waals surface area contributed by atoms with Crippen molar-refractivity contribution in [2.75, 3.05) is 11.9 Å². The number of anilines is 1. The van der Waals surface area contributed by atoms with E-state index in [0.717, 1.165) is 11.6 Å². The van der Waals surface area contributed by atoms with Crippen LogP contribution in [0.5, 0.6) is 5.88 Å². The second kappa shape index (κ2) is 6.31. The highest BCUT2D eigenvalue weighted by Gasteiger charge is 2.11. The molecule has 0 aromatic carbocycles.